The fraction of sp³-hybridized carbons (Fsp3) is 0.143. The fourth-order valence-corrected chi connectivity index (χ4v) is 1.45. The molecule has 1 aromatic carbocycles. The van der Waals surface area contributed by atoms with Crippen LogP contribution in [0, 0.1) is 11.3 Å². The molecule has 3 heteroatoms. The van der Waals surface area contributed by atoms with Crippen molar-refractivity contribution in [2.24, 2.45) is 0 Å². The molecule has 0 bridgehead atoms. The van der Waals surface area contributed by atoms with Gasteiger partial charge in [0.05, 0.1) is 12.2 Å². The topological polar surface area (TPSA) is 45.9 Å². The van der Waals surface area contributed by atoms with Gasteiger partial charge in [-0.3, -0.25) is 0 Å². The fourth-order valence-electron chi connectivity index (χ4n) is 1.45. The number of aromatic nitrogens is 1. The Balaban J connectivity index is 1.84. The Bertz CT molecular complexity index is 500. The molecule has 0 saturated heterocycles. The molecule has 0 radical (unpaired) electrons. The van der Waals surface area contributed by atoms with E-state index in [1.807, 2.05) is 24.3 Å². The molecule has 0 aliphatic heterocycles. The number of nitrogens with zero attached hydrogens (tertiary/aromatic N) is 2. The number of ether oxygens (including phenoxy) is 1. The molecule has 1 heterocycles. The quantitative estimate of drug-likeness (QED) is 0.801. The zero-order valence-corrected chi connectivity index (χ0v) is 9.34. The SMILES string of the molecule is N#Cc1ccc(OCCc2ccccc2)nc1. The van der Waals surface area contributed by atoms with Crippen molar-refractivity contribution < 1.29 is 4.74 Å². The summed E-state index contributed by atoms with van der Waals surface area (Å²) in [5, 5.41) is 8.62. The van der Waals surface area contributed by atoms with E-state index in [-0.39, 0.29) is 0 Å². The van der Waals surface area contributed by atoms with Gasteiger partial charge in [0.2, 0.25) is 5.88 Å². The van der Waals surface area contributed by atoms with Gasteiger partial charge in [0.25, 0.3) is 0 Å². The van der Waals surface area contributed by atoms with Gasteiger partial charge in [-0.2, -0.15) is 5.26 Å². The van der Waals surface area contributed by atoms with Gasteiger partial charge in [0.1, 0.15) is 6.07 Å². The maximum atomic E-state index is 8.62. The molecular weight excluding hydrogens is 212 g/mol. The van der Waals surface area contributed by atoms with Crippen LogP contribution in [0.4, 0.5) is 0 Å². The Morgan fingerprint density at radius 2 is 1.94 bits per heavy atom. The summed E-state index contributed by atoms with van der Waals surface area (Å²) in [7, 11) is 0. The standard InChI is InChI=1S/C14H12N2O/c15-10-13-6-7-14(16-11-13)17-9-8-12-4-2-1-3-5-12/h1-7,11H,8-9H2. The summed E-state index contributed by atoms with van der Waals surface area (Å²) in [6, 6.07) is 15.6. The number of rotatable bonds is 4. The van der Waals surface area contributed by atoms with Crippen molar-refractivity contribution in [2.45, 2.75) is 6.42 Å². The average molecular weight is 224 g/mol. The summed E-state index contributed by atoms with van der Waals surface area (Å²) in [6.07, 6.45) is 2.36. The Morgan fingerprint density at radius 3 is 2.59 bits per heavy atom. The van der Waals surface area contributed by atoms with Crippen LogP contribution in [0.1, 0.15) is 11.1 Å². The van der Waals surface area contributed by atoms with Gasteiger partial charge in [-0.1, -0.05) is 30.3 Å². The van der Waals surface area contributed by atoms with Gasteiger partial charge in [0, 0.05) is 18.7 Å². The lowest BCUT2D eigenvalue weighted by Crippen LogP contribution is -2.02. The third-order valence-electron chi connectivity index (χ3n) is 2.35. The van der Waals surface area contributed by atoms with Crippen LogP contribution in [0.5, 0.6) is 5.88 Å². The predicted molar refractivity (Wildman–Crippen MR) is 64.6 cm³/mol. The highest BCUT2D eigenvalue weighted by Gasteiger charge is 1.97. The Morgan fingerprint density at radius 1 is 1.12 bits per heavy atom. The lowest BCUT2D eigenvalue weighted by atomic mass is 10.2. The van der Waals surface area contributed by atoms with Crippen LogP contribution in [-0.4, -0.2) is 11.6 Å². The molecule has 0 amide bonds. The van der Waals surface area contributed by atoms with E-state index >= 15 is 0 Å². The number of hydrogen-bond donors (Lipinski definition) is 0. The third-order valence-corrected chi connectivity index (χ3v) is 2.35. The van der Waals surface area contributed by atoms with E-state index in [1.165, 1.54) is 11.8 Å². The van der Waals surface area contributed by atoms with Gasteiger partial charge in [-0.25, -0.2) is 4.98 Å². The monoisotopic (exact) mass is 224 g/mol. The highest BCUT2D eigenvalue weighted by atomic mass is 16.5. The summed E-state index contributed by atoms with van der Waals surface area (Å²) in [4.78, 5) is 4.04. The number of pyridine rings is 1. The maximum Gasteiger partial charge on any atom is 0.213 e. The highest BCUT2D eigenvalue weighted by Crippen LogP contribution is 2.07. The van der Waals surface area contributed by atoms with Crippen molar-refractivity contribution in [1.82, 2.24) is 4.98 Å². The van der Waals surface area contributed by atoms with Crippen molar-refractivity contribution >= 4 is 0 Å². The Hall–Kier alpha value is -2.34. The van der Waals surface area contributed by atoms with E-state index in [0.29, 0.717) is 18.1 Å². The summed E-state index contributed by atoms with van der Waals surface area (Å²) in [5.74, 6) is 0.555. The first-order chi connectivity index (χ1) is 8.38. The average Bonchev–Trinajstić information content (AvgIpc) is 2.41. The molecule has 2 rings (SSSR count). The molecule has 0 aliphatic rings. The molecule has 0 atom stereocenters. The second kappa shape index (κ2) is 5.66. The van der Waals surface area contributed by atoms with Crippen molar-refractivity contribution in [2.75, 3.05) is 6.61 Å². The lowest BCUT2D eigenvalue weighted by molar-refractivity contribution is 0.309. The third kappa shape index (κ3) is 3.32. The Labute approximate surface area is 100 Å². The van der Waals surface area contributed by atoms with Crippen molar-refractivity contribution in [3.63, 3.8) is 0 Å². The second-order valence-electron chi connectivity index (χ2n) is 3.58. The molecule has 0 unspecified atom stereocenters. The predicted octanol–water partition coefficient (Wildman–Crippen LogP) is 2.57. The number of nitriles is 1. The summed E-state index contributed by atoms with van der Waals surface area (Å²) >= 11 is 0. The molecular formula is C14H12N2O. The van der Waals surface area contributed by atoms with Crippen LogP contribution < -0.4 is 4.74 Å². The lowest BCUT2D eigenvalue weighted by Gasteiger charge is -2.04. The van der Waals surface area contributed by atoms with E-state index < -0.39 is 0 Å². The summed E-state index contributed by atoms with van der Waals surface area (Å²) in [6.45, 7) is 0.586. The zero-order valence-electron chi connectivity index (χ0n) is 9.34. The first kappa shape index (κ1) is 11.2. The first-order valence-electron chi connectivity index (χ1n) is 5.41. The van der Waals surface area contributed by atoms with E-state index in [1.54, 1.807) is 12.1 Å². The molecule has 0 saturated carbocycles. The van der Waals surface area contributed by atoms with Crippen molar-refractivity contribution in [3.05, 3.63) is 59.8 Å². The van der Waals surface area contributed by atoms with Crippen LogP contribution >= 0.6 is 0 Å². The van der Waals surface area contributed by atoms with Crippen LogP contribution in [0.15, 0.2) is 48.7 Å². The van der Waals surface area contributed by atoms with Gasteiger partial charge in [-0.15, -0.1) is 0 Å². The van der Waals surface area contributed by atoms with Crippen LogP contribution in [0.2, 0.25) is 0 Å². The first-order valence-corrected chi connectivity index (χ1v) is 5.41. The van der Waals surface area contributed by atoms with E-state index in [4.69, 9.17) is 10.00 Å². The largest absolute Gasteiger partial charge is 0.477 e. The smallest absolute Gasteiger partial charge is 0.213 e. The summed E-state index contributed by atoms with van der Waals surface area (Å²) < 4.78 is 5.49. The van der Waals surface area contributed by atoms with E-state index in [0.717, 1.165) is 6.42 Å². The number of benzene rings is 1. The molecule has 17 heavy (non-hydrogen) atoms. The molecule has 0 N–H and O–H groups in total. The minimum atomic E-state index is 0.542. The molecule has 1 aromatic heterocycles. The van der Waals surface area contributed by atoms with E-state index in [2.05, 4.69) is 17.1 Å². The van der Waals surface area contributed by atoms with Crippen LogP contribution in [0.3, 0.4) is 0 Å². The van der Waals surface area contributed by atoms with Crippen molar-refractivity contribution in [1.29, 1.82) is 5.26 Å². The maximum absolute atomic E-state index is 8.62. The molecule has 84 valence electrons. The van der Waals surface area contributed by atoms with Crippen LogP contribution in [0.25, 0.3) is 0 Å². The minimum absolute atomic E-state index is 0.542. The molecule has 0 fully saturated rings. The molecule has 2 aromatic rings. The molecule has 0 aliphatic carbocycles. The zero-order chi connectivity index (χ0) is 11.9. The summed E-state index contributed by atoms with van der Waals surface area (Å²) in [5.41, 5.74) is 1.78. The van der Waals surface area contributed by atoms with Gasteiger partial charge < -0.3 is 4.74 Å². The van der Waals surface area contributed by atoms with Crippen molar-refractivity contribution in [3.8, 4) is 11.9 Å². The highest BCUT2D eigenvalue weighted by molar-refractivity contribution is 5.28. The van der Waals surface area contributed by atoms with Gasteiger partial charge >= 0.3 is 0 Å². The second-order valence-corrected chi connectivity index (χ2v) is 3.58. The number of hydrogen-bond acceptors (Lipinski definition) is 3. The van der Waals surface area contributed by atoms with Crippen LogP contribution in [-0.2, 0) is 6.42 Å². The Kier molecular flexibility index (Phi) is 3.72. The normalized spacial score (nSPS) is 9.59. The van der Waals surface area contributed by atoms with E-state index in [9.17, 15) is 0 Å². The minimum Gasteiger partial charge on any atom is -0.477 e. The molecule has 0 spiro atoms. The molecule has 3 nitrogen and oxygen atoms in total. The van der Waals surface area contributed by atoms with Gasteiger partial charge in [-0.05, 0) is 11.6 Å². The van der Waals surface area contributed by atoms with Gasteiger partial charge in [0.15, 0.2) is 0 Å².